The van der Waals surface area contributed by atoms with Crippen molar-refractivity contribution in [3.63, 3.8) is 0 Å². The Morgan fingerprint density at radius 1 is 0.857 bits per heavy atom. The zero-order valence-corrected chi connectivity index (χ0v) is 16.9. The summed E-state index contributed by atoms with van der Waals surface area (Å²) in [5.41, 5.74) is 2.97. The van der Waals surface area contributed by atoms with Gasteiger partial charge in [-0.1, -0.05) is 60.6 Å². The molecular formula is C22H26N2O3S. The van der Waals surface area contributed by atoms with Gasteiger partial charge >= 0.3 is 0 Å². The third kappa shape index (κ3) is 8.39. The number of anilines is 1. The average Bonchev–Trinajstić information content (AvgIpc) is 2.70. The molecule has 0 saturated heterocycles. The van der Waals surface area contributed by atoms with Crippen LogP contribution in [0.2, 0.25) is 0 Å². The number of hydrogen-bond acceptors (Lipinski definition) is 4. The molecule has 0 aliphatic rings. The first-order valence-electron chi connectivity index (χ1n) is 9.40. The van der Waals surface area contributed by atoms with Crippen LogP contribution in [-0.4, -0.2) is 29.2 Å². The van der Waals surface area contributed by atoms with E-state index in [-0.39, 0.29) is 22.7 Å². The second-order valence-electron chi connectivity index (χ2n) is 6.44. The Morgan fingerprint density at radius 3 is 2.36 bits per heavy atom. The van der Waals surface area contributed by atoms with Gasteiger partial charge in [0, 0.05) is 25.6 Å². The summed E-state index contributed by atoms with van der Waals surface area (Å²) in [5.74, 6) is 0.0307. The third-order valence-corrected chi connectivity index (χ3v) is 4.88. The molecule has 28 heavy (non-hydrogen) atoms. The van der Waals surface area contributed by atoms with Gasteiger partial charge < -0.3 is 10.6 Å². The Morgan fingerprint density at radius 2 is 1.61 bits per heavy atom. The van der Waals surface area contributed by atoms with Crippen LogP contribution in [0.3, 0.4) is 0 Å². The van der Waals surface area contributed by atoms with Crippen molar-refractivity contribution in [2.75, 3.05) is 17.6 Å². The normalized spacial score (nSPS) is 10.3. The molecule has 0 spiro atoms. The van der Waals surface area contributed by atoms with Crippen molar-refractivity contribution in [3.05, 3.63) is 54.6 Å². The maximum absolute atomic E-state index is 12.1. The molecule has 0 radical (unpaired) electrons. The Bertz CT molecular complexity index is 793. The molecule has 0 unspecified atom stereocenters. The summed E-state index contributed by atoms with van der Waals surface area (Å²) in [6, 6.07) is 17.9. The summed E-state index contributed by atoms with van der Waals surface area (Å²) in [6.45, 7) is 2.01. The van der Waals surface area contributed by atoms with E-state index < -0.39 is 0 Å². The first-order chi connectivity index (χ1) is 13.5. The monoisotopic (exact) mass is 398 g/mol. The quantitative estimate of drug-likeness (QED) is 0.587. The summed E-state index contributed by atoms with van der Waals surface area (Å²) in [7, 11) is 0. The highest BCUT2D eigenvalue weighted by atomic mass is 32.2. The number of rotatable bonds is 10. The molecule has 2 N–H and O–H groups in total. The van der Waals surface area contributed by atoms with Gasteiger partial charge in [-0.05, 0) is 36.1 Å². The minimum absolute atomic E-state index is 0.00731. The maximum atomic E-state index is 12.1. The fraction of sp³-hybridized carbons (Fsp3) is 0.318. The Hall–Kier alpha value is -2.60. The number of thioether (sulfide) groups is 1. The Labute approximate surface area is 170 Å². The van der Waals surface area contributed by atoms with Crippen LogP contribution < -0.4 is 10.6 Å². The number of carbonyl (C=O) groups excluding carboxylic acids is 3. The molecule has 2 aromatic carbocycles. The van der Waals surface area contributed by atoms with E-state index in [1.807, 2.05) is 54.6 Å². The second kappa shape index (κ2) is 12.0. The van der Waals surface area contributed by atoms with Crippen molar-refractivity contribution >= 4 is 34.4 Å². The van der Waals surface area contributed by atoms with Gasteiger partial charge in [-0.25, -0.2) is 0 Å². The number of nitrogens with one attached hydrogen (secondary N) is 2. The van der Waals surface area contributed by atoms with E-state index >= 15 is 0 Å². The van der Waals surface area contributed by atoms with Gasteiger partial charge in [-0.15, -0.1) is 0 Å². The van der Waals surface area contributed by atoms with Crippen LogP contribution in [0.1, 0.15) is 32.6 Å². The van der Waals surface area contributed by atoms with Crippen molar-refractivity contribution < 1.29 is 14.4 Å². The van der Waals surface area contributed by atoms with Crippen molar-refractivity contribution in [1.82, 2.24) is 5.32 Å². The molecule has 148 valence electrons. The fourth-order valence-corrected chi connectivity index (χ4v) is 3.10. The molecule has 0 aliphatic heterocycles. The molecule has 6 heteroatoms. The molecule has 5 nitrogen and oxygen atoms in total. The maximum Gasteiger partial charge on any atom is 0.230 e. The SMILES string of the molecule is CC(=O)SCC(=O)NCCCCCC(=O)Nc1cccc(-c2ccccc2)c1. The largest absolute Gasteiger partial charge is 0.355 e. The lowest BCUT2D eigenvalue weighted by molar-refractivity contribution is -0.119. The van der Waals surface area contributed by atoms with Crippen molar-refractivity contribution in [2.45, 2.75) is 32.6 Å². The first-order valence-corrected chi connectivity index (χ1v) is 10.4. The van der Waals surface area contributed by atoms with E-state index in [2.05, 4.69) is 10.6 Å². The molecule has 0 aliphatic carbocycles. The van der Waals surface area contributed by atoms with E-state index in [1.165, 1.54) is 6.92 Å². The van der Waals surface area contributed by atoms with E-state index in [4.69, 9.17) is 0 Å². The molecule has 0 heterocycles. The molecule has 0 bridgehead atoms. The first kappa shape index (κ1) is 21.7. The van der Waals surface area contributed by atoms with Crippen LogP contribution >= 0.6 is 11.8 Å². The summed E-state index contributed by atoms with van der Waals surface area (Å²) in [6.07, 6.45) is 2.89. The summed E-state index contributed by atoms with van der Waals surface area (Å²) in [5, 5.41) is 5.66. The smallest absolute Gasteiger partial charge is 0.230 e. The lowest BCUT2D eigenvalue weighted by atomic mass is 10.1. The zero-order chi connectivity index (χ0) is 20.2. The lowest BCUT2D eigenvalue weighted by Crippen LogP contribution is -2.26. The number of unbranched alkanes of at least 4 members (excludes halogenated alkanes) is 2. The molecule has 2 amide bonds. The van der Waals surface area contributed by atoms with Crippen LogP contribution in [0.25, 0.3) is 11.1 Å². The molecule has 0 saturated carbocycles. The highest BCUT2D eigenvalue weighted by molar-refractivity contribution is 8.14. The summed E-state index contributed by atoms with van der Waals surface area (Å²) >= 11 is 1.01. The molecule has 0 fully saturated rings. The fourth-order valence-electron chi connectivity index (χ4n) is 2.66. The molecule has 0 aromatic heterocycles. The van der Waals surface area contributed by atoms with Gasteiger partial charge in [0.05, 0.1) is 5.75 Å². The topological polar surface area (TPSA) is 75.3 Å². The highest BCUT2D eigenvalue weighted by Gasteiger charge is 2.05. The van der Waals surface area contributed by atoms with Gasteiger partial charge in [-0.2, -0.15) is 0 Å². The average molecular weight is 399 g/mol. The minimum Gasteiger partial charge on any atom is -0.355 e. The van der Waals surface area contributed by atoms with Crippen LogP contribution in [0.5, 0.6) is 0 Å². The van der Waals surface area contributed by atoms with Crippen LogP contribution in [0.4, 0.5) is 5.69 Å². The molecular weight excluding hydrogens is 372 g/mol. The summed E-state index contributed by atoms with van der Waals surface area (Å²) < 4.78 is 0. The summed E-state index contributed by atoms with van der Waals surface area (Å²) in [4.78, 5) is 34.4. The third-order valence-electron chi connectivity index (χ3n) is 4.06. The second-order valence-corrected chi connectivity index (χ2v) is 7.59. The number of benzene rings is 2. The zero-order valence-electron chi connectivity index (χ0n) is 16.1. The number of hydrogen-bond donors (Lipinski definition) is 2. The van der Waals surface area contributed by atoms with Gasteiger partial charge in [0.15, 0.2) is 5.12 Å². The van der Waals surface area contributed by atoms with Gasteiger partial charge in [0.2, 0.25) is 11.8 Å². The minimum atomic E-state index is -0.128. The van der Waals surface area contributed by atoms with Crippen molar-refractivity contribution in [3.8, 4) is 11.1 Å². The lowest BCUT2D eigenvalue weighted by Gasteiger charge is -2.08. The predicted octanol–water partition coefficient (Wildman–Crippen LogP) is 4.25. The number of amides is 2. The van der Waals surface area contributed by atoms with Crippen LogP contribution in [0.15, 0.2) is 54.6 Å². The number of carbonyl (C=O) groups is 3. The van der Waals surface area contributed by atoms with Gasteiger partial charge in [-0.3, -0.25) is 14.4 Å². The van der Waals surface area contributed by atoms with Crippen molar-refractivity contribution in [2.24, 2.45) is 0 Å². The van der Waals surface area contributed by atoms with Crippen molar-refractivity contribution in [1.29, 1.82) is 0 Å². The van der Waals surface area contributed by atoms with Gasteiger partial charge in [0.1, 0.15) is 0 Å². The van der Waals surface area contributed by atoms with E-state index in [0.29, 0.717) is 13.0 Å². The highest BCUT2D eigenvalue weighted by Crippen LogP contribution is 2.22. The predicted molar refractivity (Wildman–Crippen MR) is 115 cm³/mol. The Kier molecular flexibility index (Phi) is 9.28. The van der Waals surface area contributed by atoms with Crippen LogP contribution in [0, 0.1) is 0 Å². The van der Waals surface area contributed by atoms with E-state index in [1.54, 1.807) is 0 Å². The molecule has 0 atom stereocenters. The Balaban J connectivity index is 1.64. The van der Waals surface area contributed by atoms with E-state index in [0.717, 1.165) is 47.8 Å². The molecule has 2 rings (SSSR count). The van der Waals surface area contributed by atoms with Gasteiger partial charge in [0.25, 0.3) is 0 Å². The molecule has 2 aromatic rings. The standard InChI is InChI=1S/C22H26N2O3S/c1-17(25)28-16-22(27)23-14-7-3-6-13-21(26)24-20-12-8-11-19(15-20)18-9-4-2-5-10-18/h2,4-5,8-12,15H,3,6-7,13-14,16H2,1H3,(H,23,27)(H,24,26). The van der Waals surface area contributed by atoms with Crippen LogP contribution in [-0.2, 0) is 14.4 Å². The van der Waals surface area contributed by atoms with E-state index in [9.17, 15) is 14.4 Å².